The summed E-state index contributed by atoms with van der Waals surface area (Å²) in [6.07, 6.45) is 0.752. The summed E-state index contributed by atoms with van der Waals surface area (Å²) in [6, 6.07) is 13.8. The van der Waals surface area contributed by atoms with E-state index in [0.29, 0.717) is 30.8 Å². The lowest BCUT2D eigenvalue weighted by Crippen LogP contribution is -2.39. The zero-order chi connectivity index (χ0) is 20.1. The molecule has 0 saturated heterocycles. The molecule has 0 aromatic heterocycles. The number of rotatable bonds is 6. The minimum absolute atomic E-state index is 0.0718. The van der Waals surface area contributed by atoms with Crippen LogP contribution in [0, 0.1) is 0 Å². The van der Waals surface area contributed by atoms with E-state index in [-0.39, 0.29) is 23.9 Å². The van der Waals surface area contributed by atoms with Crippen LogP contribution in [0.5, 0.6) is 0 Å². The highest BCUT2D eigenvalue weighted by atomic mass is 16.5. The lowest BCUT2D eigenvalue weighted by molar-refractivity contribution is -0.140. The van der Waals surface area contributed by atoms with Crippen molar-refractivity contribution in [1.29, 1.82) is 0 Å². The number of benzene rings is 2. The van der Waals surface area contributed by atoms with Crippen LogP contribution in [0.25, 0.3) is 0 Å². The molecule has 0 fully saturated rings. The van der Waals surface area contributed by atoms with Gasteiger partial charge in [-0.25, -0.2) is 4.79 Å². The molecule has 1 heterocycles. The van der Waals surface area contributed by atoms with Crippen molar-refractivity contribution in [2.45, 2.75) is 18.9 Å². The Bertz CT molecular complexity index is 882. The molecule has 1 aliphatic rings. The first-order chi connectivity index (χ1) is 13.5. The van der Waals surface area contributed by atoms with Crippen LogP contribution in [0.2, 0.25) is 0 Å². The normalized spacial score (nSPS) is 16.0. The van der Waals surface area contributed by atoms with Gasteiger partial charge in [0.15, 0.2) is 0 Å². The van der Waals surface area contributed by atoms with Gasteiger partial charge in [-0.2, -0.15) is 0 Å². The van der Waals surface area contributed by atoms with Crippen LogP contribution < -0.4 is 5.32 Å². The molecule has 7 heteroatoms. The Hall–Kier alpha value is -3.35. The van der Waals surface area contributed by atoms with Gasteiger partial charge in [0.1, 0.15) is 0 Å². The van der Waals surface area contributed by atoms with Gasteiger partial charge in [-0.15, -0.1) is 0 Å². The van der Waals surface area contributed by atoms with Crippen molar-refractivity contribution in [3.8, 4) is 0 Å². The first kappa shape index (κ1) is 19.4. The van der Waals surface area contributed by atoms with Crippen LogP contribution in [-0.2, 0) is 16.0 Å². The van der Waals surface area contributed by atoms with E-state index in [1.807, 2.05) is 30.3 Å². The zero-order valence-electron chi connectivity index (χ0n) is 15.6. The van der Waals surface area contributed by atoms with Crippen molar-refractivity contribution in [2.24, 2.45) is 0 Å². The van der Waals surface area contributed by atoms with Crippen molar-refractivity contribution in [3.63, 3.8) is 0 Å². The van der Waals surface area contributed by atoms with Gasteiger partial charge in [0.2, 0.25) is 0 Å². The molecular weight excluding hydrogens is 360 g/mol. The van der Waals surface area contributed by atoms with E-state index < -0.39 is 11.9 Å². The standard InChI is InChI=1S/C21H22N2O5/c1-28-19(24)12-16-13-23(10-9-14-5-3-2-4-6-14)20(25)17-8-7-15(21(26)27)11-18(17)22-16/h2-8,11,16,22H,9-10,12-13H2,1H3,(H,26,27). The minimum atomic E-state index is -1.08. The van der Waals surface area contributed by atoms with E-state index in [9.17, 15) is 19.5 Å². The van der Waals surface area contributed by atoms with Gasteiger partial charge in [-0.3, -0.25) is 9.59 Å². The van der Waals surface area contributed by atoms with E-state index in [4.69, 9.17) is 4.74 Å². The number of nitrogens with one attached hydrogen (secondary N) is 1. The Balaban J connectivity index is 1.88. The van der Waals surface area contributed by atoms with Crippen LogP contribution >= 0.6 is 0 Å². The van der Waals surface area contributed by atoms with Crippen LogP contribution in [0.15, 0.2) is 48.5 Å². The smallest absolute Gasteiger partial charge is 0.335 e. The fourth-order valence-electron chi connectivity index (χ4n) is 3.27. The number of carbonyl (C=O) groups is 3. The van der Waals surface area contributed by atoms with Crippen LogP contribution in [0.3, 0.4) is 0 Å². The highest BCUT2D eigenvalue weighted by molar-refractivity contribution is 6.02. The number of fused-ring (bicyclic) bond motifs is 1. The maximum absolute atomic E-state index is 13.1. The van der Waals surface area contributed by atoms with Crippen LogP contribution in [-0.4, -0.2) is 54.1 Å². The summed E-state index contributed by atoms with van der Waals surface area (Å²) in [5, 5.41) is 12.4. The molecule has 2 aromatic rings. The molecule has 7 nitrogen and oxygen atoms in total. The number of amides is 1. The number of carbonyl (C=O) groups excluding carboxylic acids is 2. The molecule has 0 spiro atoms. The Morgan fingerprint density at radius 3 is 2.64 bits per heavy atom. The summed E-state index contributed by atoms with van der Waals surface area (Å²) in [4.78, 5) is 37.8. The number of esters is 1. The fourth-order valence-corrected chi connectivity index (χ4v) is 3.27. The van der Waals surface area contributed by atoms with E-state index >= 15 is 0 Å². The first-order valence-corrected chi connectivity index (χ1v) is 9.02. The summed E-state index contributed by atoms with van der Waals surface area (Å²) in [5.41, 5.74) is 2.00. The third kappa shape index (κ3) is 4.49. The van der Waals surface area contributed by atoms with E-state index in [1.54, 1.807) is 4.90 Å². The monoisotopic (exact) mass is 382 g/mol. The summed E-state index contributed by atoms with van der Waals surface area (Å²) < 4.78 is 4.76. The van der Waals surface area contributed by atoms with Gasteiger partial charge in [-0.05, 0) is 30.2 Å². The maximum atomic E-state index is 13.1. The summed E-state index contributed by atoms with van der Waals surface area (Å²) in [7, 11) is 1.31. The largest absolute Gasteiger partial charge is 0.478 e. The molecule has 0 radical (unpaired) electrons. The van der Waals surface area contributed by atoms with Gasteiger partial charge < -0.3 is 20.1 Å². The lowest BCUT2D eigenvalue weighted by Gasteiger charge is -2.24. The topological polar surface area (TPSA) is 95.9 Å². The number of ether oxygens (including phenoxy) is 1. The lowest BCUT2D eigenvalue weighted by atomic mass is 10.1. The number of hydrogen-bond acceptors (Lipinski definition) is 5. The number of carboxylic acid groups (broad SMARTS) is 1. The van der Waals surface area contributed by atoms with Gasteiger partial charge >= 0.3 is 11.9 Å². The van der Waals surface area contributed by atoms with Crippen LogP contribution in [0.1, 0.15) is 32.7 Å². The molecule has 1 amide bonds. The molecule has 2 N–H and O–H groups in total. The number of anilines is 1. The van der Waals surface area contributed by atoms with Crippen molar-refractivity contribution in [3.05, 3.63) is 65.2 Å². The Labute approximate surface area is 162 Å². The van der Waals surface area contributed by atoms with E-state index in [1.165, 1.54) is 25.3 Å². The third-order valence-corrected chi connectivity index (χ3v) is 4.74. The molecule has 1 aliphatic heterocycles. The predicted molar refractivity (Wildman–Crippen MR) is 103 cm³/mol. The average Bonchev–Trinajstić information content (AvgIpc) is 2.83. The maximum Gasteiger partial charge on any atom is 0.335 e. The van der Waals surface area contributed by atoms with Gasteiger partial charge in [0.25, 0.3) is 5.91 Å². The molecular formula is C21H22N2O5. The fraction of sp³-hybridized carbons (Fsp3) is 0.286. The molecule has 0 bridgehead atoms. The number of methoxy groups -OCH3 is 1. The molecule has 2 aromatic carbocycles. The van der Waals surface area contributed by atoms with Crippen molar-refractivity contribution >= 4 is 23.5 Å². The van der Waals surface area contributed by atoms with E-state index in [0.717, 1.165) is 5.56 Å². The van der Waals surface area contributed by atoms with E-state index in [2.05, 4.69) is 5.32 Å². The van der Waals surface area contributed by atoms with Crippen molar-refractivity contribution in [1.82, 2.24) is 4.90 Å². The number of hydrogen-bond donors (Lipinski definition) is 2. The third-order valence-electron chi connectivity index (χ3n) is 4.74. The van der Waals surface area contributed by atoms with Crippen LogP contribution in [0.4, 0.5) is 5.69 Å². The Morgan fingerprint density at radius 1 is 1.21 bits per heavy atom. The number of carboxylic acids is 1. The highest BCUT2D eigenvalue weighted by Gasteiger charge is 2.29. The molecule has 1 unspecified atom stereocenters. The zero-order valence-corrected chi connectivity index (χ0v) is 15.6. The highest BCUT2D eigenvalue weighted by Crippen LogP contribution is 2.25. The minimum Gasteiger partial charge on any atom is -0.478 e. The number of nitrogens with zero attached hydrogens (tertiary/aromatic N) is 1. The quantitative estimate of drug-likeness (QED) is 0.745. The second-order valence-electron chi connectivity index (χ2n) is 6.67. The number of aromatic carboxylic acids is 1. The molecule has 0 aliphatic carbocycles. The Morgan fingerprint density at radius 2 is 1.96 bits per heavy atom. The first-order valence-electron chi connectivity index (χ1n) is 9.02. The molecule has 1 atom stereocenters. The molecule has 0 saturated carbocycles. The summed E-state index contributed by atoms with van der Waals surface area (Å²) >= 11 is 0. The second-order valence-corrected chi connectivity index (χ2v) is 6.67. The average molecular weight is 382 g/mol. The Kier molecular flexibility index (Phi) is 5.93. The molecule has 146 valence electrons. The van der Waals surface area contributed by atoms with Crippen molar-refractivity contribution < 1.29 is 24.2 Å². The van der Waals surface area contributed by atoms with Gasteiger partial charge in [0, 0.05) is 18.8 Å². The van der Waals surface area contributed by atoms with Gasteiger partial charge in [-0.1, -0.05) is 30.3 Å². The second kappa shape index (κ2) is 8.56. The SMILES string of the molecule is COC(=O)CC1CN(CCc2ccccc2)C(=O)c2ccc(C(=O)O)cc2N1. The molecule has 28 heavy (non-hydrogen) atoms. The van der Waals surface area contributed by atoms with Gasteiger partial charge in [0.05, 0.1) is 30.7 Å². The van der Waals surface area contributed by atoms with Crippen molar-refractivity contribution in [2.75, 3.05) is 25.5 Å². The molecule has 3 rings (SSSR count). The predicted octanol–water partition coefficient (Wildman–Crippen LogP) is 2.43. The summed E-state index contributed by atoms with van der Waals surface area (Å²) in [6.45, 7) is 0.806. The summed E-state index contributed by atoms with van der Waals surface area (Å²) in [5.74, 6) is -1.67.